The van der Waals surface area contributed by atoms with Crippen molar-refractivity contribution in [3.8, 4) is 11.5 Å². The first-order chi connectivity index (χ1) is 12.9. The maximum atomic E-state index is 12.8. The van der Waals surface area contributed by atoms with Gasteiger partial charge in [0.15, 0.2) is 0 Å². The summed E-state index contributed by atoms with van der Waals surface area (Å²) in [6, 6.07) is 5.10. The summed E-state index contributed by atoms with van der Waals surface area (Å²) in [6.45, 7) is 2.96. The summed E-state index contributed by atoms with van der Waals surface area (Å²) in [6.07, 6.45) is 0.703. The minimum absolute atomic E-state index is 0.179. The fraction of sp³-hybridized carbons (Fsp3) is 0.421. The maximum Gasteiger partial charge on any atom is 0.322 e. The van der Waals surface area contributed by atoms with E-state index in [2.05, 4.69) is 15.3 Å². The van der Waals surface area contributed by atoms with E-state index in [0.29, 0.717) is 36.7 Å². The van der Waals surface area contributed by atoms with E-state index in [1.807, 2.05) is 25.9 Å². The van der Waals surface area contributed by atoms with Crippen LogP contribution in [0.2, 0.25) is 0 Å². The lowest BCUT2D eigenvalue weighted by Crippen LogP contribution is -2.40. The number of ether oxygens (including phenoxy) is 2. The normalized spacial score (nSPS) is 13.0. The van der Waals surface area contributed by atoms with E-state index >= 15 is 0 Å². The van der Waals surface area contributed by atoms with Crippen molar-refractivity contribution in [2.45, 2.75) is 19.9 Å². The zero-order chi connectivity index (χ0) is 19.6. The fourth-order valence-electron chi connectivity index (χ4n) is 3.14. The van der Waals surface area contributed by atoms with Gasteiger partial charge in [-0.2, -0.15) is 0 Å². The van der Waals surface area contributed by atoms with E-state index in [4.69, 9.17) is 9.47 Å². The van der Waals surface area contributed by atoms with Gasteiger partial charge >= 0.3 is 6.03 Å². The molecule has 8 heteroatoms. The molecule has 0 bridgehead atoms. The van der Waals surface area contributed by atoms with Gasteiger partial charge in [-0.15, -0.1) is 0 Å². The Morgan fingerprint density at radius 1 is 1.15 bits per heavy atom. The topological polar surface area (TPSA) is 79.8 Å². The molecule has 2 amide bonds. The molecule has 1 aromatic carbocycles. The van der Waals surface area contributed by atoms with Gasteiger partial charge in [-0.3, -0.25) is 0 Å². The number of hydrogen-bond donors (Lipinski definition) is 1. The first kappa shape index (κ1) is 18.8. The molecule has 1 N–H and O–H groups in total. The lowest BCUT2D eigenvalue weighted by atomic mass is 10.1. The molecular formula is C19H25N5O3. The summed E-state index contributed by atoms with van der Waals surface area (Å²) >= 11 is 0. The van der Waals surface area contributed by atoms with Gasteiger partial charge in [0.2, 0.25) is 0 Å². The Kier molecular flexibility index (Phi) is 5.34. The van der Waals surface area contributed by atoms with E-state index in [1.165, 1.54) is 0 Å². The van der Waals surface area contributed by atoms with Gasteiger partial charge in [0.05, 0.1) is 26.5 Å². The van der Waals surface area contributed by atoms with Crippen LogP contribution in [0.5, 0.6) is 11.5 Å². The van der Waals surface area contributed by atoms with Crippen molar-refractivity contribution >= 4 is 17.5 Å². The second-order valence-electron chi connectivity index (χ2n) is 6.62. The van der Waals surface area contributed by atoms with Crippen molar-refractivity contribution in [2.24, 2.45) is 0 Å². The van der Waals surface area contributed by atoms with Crippen molar-refractivity contribution in [1.82, 2.24) is 14.9 Å². The second-order valence-corrected chi connectivity index (χ2v) is 6.62. The lowest BCUT2D eigenvalue weighted by molar-refractivity contribution is 0.206. The quantitative estimate of drug-likeness (QED) is 0.889. The molecule has 0 fully saturated rings. The second kappa shape index (κ2) is 7.69. The molecule has 0 spiro atoms. The van der Waals surface area contributed by atoms with Crippen LogP contribution in [-0.2, 0) is 13.0 Å². The smallest absolute Gasteiger partial charge is 0.322 e. The molecule has 1 aliphatic heterocycles. The Hall–Kier alpha value is -3.03. The average molecular weight is 371 g/mol. The van der Waals surface area contributed by atoms with E-state index in [9.17, 15) is 4.79 Å². The highest BCUT2D eigenvalue weighted by atomic mass is 16.5. The number of nitrogens with zero attached hydrogens (tertiary/aromatic N) is 4. The summed E-state index contributed by atoms with van der Waals surface area (Å²) in [5.41, 5.74) is 2.63. The van der Waals surface area contributed by atoms with Crippen molar-refractivity contribution in [2.75, 3.05) is 45.1 Å². The number of rotatable bonds is 4. The Morgan fingerprint density at radius 2 is 1.81 bits per heavy atom. The SMILES string of the molecule is COc1cc(NC(=O)N2CCc3nc(C)nc(N(C)C)c3C2)cc(OC)c1. The Morgan fingerprint density at radius 3 is 2.41 bits per heavy atom. The predicted molar refractivity (Wildman–Crippen MR) is 104 cm³/mol. The van der Waals surface area contributed by atoms with Crippen LogP contribution in [0.15, 0.2) is 18.2 Å². The van der Waals surface area contributed by atoms with Crippen LogP contribution in [0.4, 0.5) is 16.3 Å². The van der Waals surface area contributed by atoms with Gasteiger partial charge in [-0.1, -0.05) is 0 Å². The third-order valence-electron chi connectivity index (χ3n) is 4.46. The molecule has 1 aromatic heterocycles. The predicted octanol–water partition coefficient (Wildman–Crippen LogP) is 2.46. The summed E-state index contributed by atoms with van der Waals surface area (Å²) in [5.74, 6) is 2.84. The fourth-order valence-corrected chi connectivity index (χ4v) is 3.14. The number of amides is 2. The maximum absolute atomic E-state index is 12.8. The molecule has 0 aliphatic carbocycles. The molecule has 0 unspecified atom stereocenters. The number of urea groups is 1. The first-order valence-electron chi connectivity index (χ1n) is 8.74. The van der Waals surface area contributed by atoms with Crippen LogP contribution in [0.25, 0.3) is 0 Å². The third-order valence-corrected chi connectivity index (χ3v) is 4.46. The summed E-state index contributed by atoms with van der Waals surface area (Å²) < 4.78 is 10.5. The summed E-state index contributed by atoms with van der Waals surface area (Å²) in [5, 5.41) is 2.92. The standard InChI is InChI=1S/C19H25N5O3/c1-12-20-17-6-7-24(11-16(17)18(21-12)23(2)3)19(25)22-13-8-14(26-4)10-15(9-13)27-5/h8-10H,6-7,11H2,1-5H3,(H,22,25). The van der Waals surface area contributed by atoms with Crippen LogP contribution in [0, 0.1) is 6.92 Å². The third kappa shape index (κ3) is 4.05. The van der Waals surface area contributed by atoms with Crippen molar-refractivity contribution in [1.29, 1.82) is 0 Å². The van der Waals surface area contributed by atoms with Crippen molar-refractivity contribution < 1.29 is 14.3 Å². The summed E-state index contributed by atoms with van der Waals surface area (Å²) in [7, 11) is 7.05. The molecule has 0 saturated heterocycles. The number of aromatic nitrogens is 2. The highest BCUT2D eigenvalue weighted by Gasteiger charge is 2.26. The molecule has 0 atom stereocenters. The van der Waals surface area contributed by atoms with Crippen LogP contribution in [-0.4, -0.2) is 55.8 Å². The molecule has 3 rings (SSSR count). The van der Waals surface area contributed by atoms with Gasteiger partial charge in [0.1, 0.15) is 23.1 Å². The number of hydrogen-bond acceptors (Lipinski definition) is 6. The number of anilines is 2. The molecule has 8 nitrogen and oxygen atoms in total. The molecular weight excluding hydrogens is 346 g/mol. The van der Waals surface area contributed by atoms with Gasteiger partial charge < -0.3 is 24.6 Å². The Bertz CT molecular complexity index is 831. The molecule has 2 heterocycles. The molecule has 2 aromatic rings. The minimum atomic E-state index is -0.179. The zero-order valence-corrected chi connectivity index (χ0v) is 16.4. The van der Waals surface area contributed by atoms with Gasteiger partial charge in [-0.25, -0.2) is 14.8 Å². The molecule has 0 saturated carbocycles. The highest BCUT2D eigenvalue weighted by molar-refractivity contribution is 5.90. The Balaban J connectivity index is 1.80. The number of nitrogens with one attached hydrogen (secondary N) is 1. The monoisotopic (exact) mass is 371 g/mol. The van der Waals surface area contributed by atoms with Crippen LogP contribution < -0.4 is 19.7 Å². The van der Waals surface area contributed by atoms with Crippen molar-refractivity contribution in [3.05, 3.63) is 35.3 Å². The van der Waals surface area contributed by atoms with Crippen LogP contribution in [0.3, 0.4) is 0 Å². The summed E-state index contributed by atoms with van der Waals surface area (Å²) in [4.78, 5) is 25.6. The Labute approximate surface area is 159 Å². The lowest BCUT2D eigenvalue weighted by Gasteiger charge is -2.31. The largest absolute Gasteiger partial charge is 0.497 e. The molecule has 27 heavy (non-hydrogen) atoms. The van der Waals surface area contributed by atoms with Crippen LogP contribution >= 0.6 is 0 Å². The molecule has 1 aliphatic rings. The molecule has 0 radical (unpaired) electrons. The van der Waals surface area contributed by atoms with Crippen LogP contribution in [0.1, 0.15) is 17.1 Å². The van der Waals surface area contributed by atoms with E-state index in [1.54, 1.807) is 37.3 Å². The zero-order valence-electron chi connectivity index (χ0n) is 16.4. The molecule has 144 valence electrons. The van der Waals surface area contributed by atoms with E-state index in [-0.39, 0.29) is 6.03 Å². The average Bonchev–Trinajstić information content (AvgIpc) is 2.66. The first-order valence-corrected chi connectivity index (χ1v) is 8.74. The van der Waals surface area contributed by atoms with E-state index < -0.39 is 0 Å². The van der Waals surface area contributed by atoms with Gasteiger partial charge in [0.25, 0.3) is 0 Å². The van der Waals surface area contributed by atoms with E-state index in [0.717, 1.165) is 22.9 Å². The minimum Gasteiger partial charge on any atom is -0.497 e. The highest BCUT2D eigenvalue weighted by Crippen LogP contribution is 2.28. The van der Waals surface area contributed by atoms with Gasteiger partial charge in [-0.05, 0) is 6.92 Å². The van der Waals surface area contributed by atoms with Gasteiger partial charge in [0, 0.05) is 56.5 Å². The number of carbonyl (C=O) groups excluding carboxylic acids is 1. The number of benzene rings is 1. The van der Waals surface area contributed by atoms with Crippen molar-refractivity contribution in [3.63, 3.8) is 0 Å². The number of fused-ring (bicyclic) bond motifs is 1. The number of methoxy groups -OCH3 is 2. The number of aryl methyl sites for hydroxylation is 1. The number of carbonyl (C=O) groups is 1.